The fraction of sp³-hybridized carbons (Fsp3) is 0.533. The minimum atomic E-state index is -0.346. The van der Waals surface area contributed by atoms with Gasteiger partial charge in [0.05, 0.1) is 6.67 Å². The van der Waals surface area contributed by atoms with Crippen molar-refractivity contribution < 1.29 is 4.39 Å². The number of aryl methyl sites for hydroxylation is 2. The van der Waals surface area contributed by atoms with Crippen molar-refractivity contribution in [2.24, 2.45) is 0 Å². The Morgan fingerprint density at radius 1 is 1.00 bits per heavy atom. The number of alkyl halides is 1. The van der Waals surface area contributed by atoms with Crippen LogP contribution in [0.5, 0.6) is 0 Å². The Balaban J connectivity index is 2.97. The summed E-state index contributed by atoms with van der Waals surface area (Å²) in [6, 6.07) is 6.54. The second-order valence-corrected chi connectivity index (χ2v) is 4.45. The molecule has 0 atom stereocenters. The molecule has 0 bridgehead atoms. The highest BCUT2D eigenvalue weighted by atomic mass is 19.1. The maximum Gasteiger partial charge on any atom is 0.0997 e. The molecule has 0 aliphatic carbocycles. The van der Waals surface area contributed by atoms with E-state index in [9.17, 15) is 4.39 Å². The van der Waals surface area contributed by atoms with E-state index in [-0.39, 0.29) is 6.67 Å². The van der Waals surface area contributed by atoms with Gasteiger partial charge in [0, 0.05) is 5.92 Å². The van der Waals surface area contributed by atoms with Crippen molar-refractivity contribution in [1.82, 2.24) is 0 Å². The van der Waals surface area contributed by atoms with Crippen LogP contribution < -0.4 is 0 Å². The summed E-state index contributed by atoms with van der Waals surface area (Å²) in [4.78, 5) is 0. The molecule has 16 heavy (non-hydrogen) atoms. The molecular weight excluding hydrogens is 199 g/mol. The zero-order valence-electron chi connectivity index (χ0n) is 10.6. The van der Waals surface area contributed by atoms with Crippen molar-refractivity contribution in [2.75, 3.05) is 6.67 Å². The molecular formula is C15H22F. The van der Waals surface area contributed by atoms with Crippen molar-refractivity contribution in [2.45, 2.75) is 46.5 Å². The van der Waals surface area contributed by atoms with Crippen molar-refractivity contribution >= 4 is 0 Å². The SMILES string of the molecule is CCCc1cc(CCC)cc([C](C)CF)c1. The molecule has 0 aromatic heterocycles. The highest BCUT2D eigenvalue weighted by Crippen LogP contribution is 2.20. The Labute approximate surface area is 98.9 Å². The zero-order valence-corrected chi connectivity index (χ0v) is 10.6. The van der Waals surface area contributed by atoms with Crippen LogP contribution in [0, 0.1) is 5.92 Å². The van der Waals surface area contributed by atoms with Crippen LogP contribution in [0.4, 0.5) is 4.39 Å². The standard InChI is InChI=1S/C15H22F/c1-4-6-13-8-14(7-5-2)10-15(9-13)12(3)11-16/h8-10H,4-7,11H2,1-3H3. The van der Waals surface area contributed by atoms with Gasteiger partial charge in [-0.25, -0.2) is 0 Å². The van der Waals surface area contributed by atoms with E-state index in [4.69, 9.17) is 0 Å². The van der Waals surface area contributed by atoms with Gasteiger partial charge in [0.25, 0.3) is 0 Å². The minimum Gasteiger partial charge on any atom is -0.250 e. The van der Waals surface area contributed by atoms with Gasteiger partial charge in [0.1, 0.15) is 0 Å². The summed E-state index contributed by atoms with van der Waals surface area (Å²) >= 11 is 0. The molecule has 1 radical (unpaired) electrons. The first-order valence-corrected chi connectivity index (χ1v) is 6.22. The largest absolute Gasteiger partial charge is 0.250 e. The van der Waals surface area contributed by atoms with E-state index >= 15 is 0 Å². The number of halogens is 1. The lowest BCUT2D eigenvalue weighted by molar-refractivity contribution is 0.516. The molecule has 1 heteroatoms. The summed E-state index contributed by atoms with van der Waals surface area (Å²) < 4.78 is 12.7. The maximum absolute atomic E-state index is 12.7. The molecule has 0 amide bonds. The first-order valence-electron chi connectivity index (χ1n) is 6.22. The van der Waals surface area contributed by atoms with Gasteiger partial charge >= 0.3 is 0 Å². The highest BCUT2D eigenvalue weighted by molar-refractivity contribution is 5.38. The summed E-state index contributed by atoms with van der Waals surface area (Å²) in [5, 5.41) is 0. The molecule has 1 aromatic carbocycles. The van der Waals surface area contributed by atoms with Crippen LogP contribution >= 0.6 is 0 Å². The van der Waals surface area contributed by atoms with E-state index in [2.05, 4.69) is 32.0 Å². The van der Waals surface area contributed by atoms with Crippen molar-refractivity contribution in [1.29, 1.82) is 0 Å². The highest BCUT2D eigenvalue weighted by Gasteiger charge is 2.08. The third kappa shape index (κ3) is 3.62. The van der Waals surface area contributed by atoms with Crippen LogP contribution in [0.3, 0.4) is 0 Å². The first kappa shape index (κ1) is 13.2. The normalized spacial score (nSPS) is 11.1. The van der Waals surface area contributed by atoms with Crippen LogP contribution in [0.25, 0.3) is 0 Å². The second-order valence-electron chi connectivity index (χ2n) is 4.45. The van der Waals surface area contributed by atoms with E-state index in [0.29, 0.717) is 0 Å². The molecule has 0 nitrogen and oxygen atoms in total. The van der Waals surface area contributed by atoms with Crippen LogP contribution in [-0.4, -0.2) is 6.67 Å². The zero-order chi connectivity index (χ0) is 12.0. The smallest absolute Gasteiger partial charge is 0.0997 e. The average Bonchev–Trinajstić information content (AvgIpc) is 2.28. The summed E-state index contributed by atoms with van der Waals surface area (Å²) in [7, 11) is 0. The molecule has 0 N–H and O–H groups in total. The molecule has 0 fully saturated rings. The third-order valence-electron chi connectivity index (χ3n) is 2.82. The Kier molecular flexibility index (Phi) is 5.51. The number of rotatable bonds is 6. The van der Waals surface area contributed by atoms with Crippen LogP contribution in [0.1, 0.15) is 50.3 Å². The number of benzene rings is 1. The van der Waals surface area contributed by atoms with Crippen molar-refractivity contribution in [3.05, 3.63) is 40.8 Å². The van der Waals surface area contributed by atoms with Gasteiger partial charge in [-0.2, -0.15) is 0 Å². The van der Waals surface area contributed by atoms with E-state index in [1.165, 1.54) is 11.1 Å². The molecule has 1 aromatic rings. The predicted octanol–water partition coefficient (Wildman–Crippen LogP) is 4.50. The lowest BCUT2D eigenvalue weighted by atomic mass is 9.94. The first-order chi connectivity index (χ1) is 7.71. The molecule has 89 valence electrons. The summed E-state index contributed by atoms with van der Waals surface area (Å²) in [5.74, 6) is 0.843. The quantitative estimate of drug-likeness (QED) is 0.663. The van der Waals surface area contributed by atoms with E-state index in [0.717, 1.165) is 37.2 Å². The fourth-order valence-electron chi connectivity index (χ4n) is 1.95. The third-order valence-corrected chi connectivity index (χ3v) is 2.82. The Bertz CT molecular complexity index is 293. The van der Waals surface area contributed by atoms with Crippen LogP contribution in [0.2, 0.25) is 0 Å². The second kappa shape index (κ2) is 6.67. The average molecular weight is 221 g/mol. The lowest BCUT2D eigenvalue weighted by Crippen LogP contribution is -2.00. The lowest BCUT2D eigenvalue weighted by Gasteiger charge is -2.12. The van der Waals surface area contributed by atoms with Crippen LogP contribution in [-0.2, 0) is 12.8 Å². The summed E-state index contributed by atoms with van der Waals surface area (Å²) in [5.41, 5.74) is 3.77. The summed E-state index contributed by atoms with van der Waals surface area (Å²) in [6.45, 7) is 5.89. The van der Waals surface area contributed by atoms with E-state index in [1.807, 2.05) is 6.92 Å². The monoisotopic (exact) mass is 221 g/mol. The molecule has 1 rings (SSSR count). The maximum atomic E-state index is 12.7. The van der Waals surface area contributed by atoms with Gasteiger partial charge in [0.15, 0.2) is 0 Å². The topological polar surface area (TPSA) is 0 Å². The molecule has 0 spiro atoms. The van der Waals surface area contributed by atoms with E-state index < -0.39 is 0 Å². The fourth-order valence-corrected chi connectivity index (χ4v) is 1.95. The molecule has 0 aliphatic heterocycles. The number of hydrogen-bond acceptors (Lipinski definition) is 0. The number of hydrogen-bond donors (Lipinski definition) is 0. The molecule has 0 heterocycles. The van der Waals surface area contributed by atoms with Crippen molar-refractivity contribution in [3.63, 3.8) is 0 Å². The van der Waals surface area contributed by atoms with Gasteiger partial charge in [-0.1, -0.05) is 51.8 Å². The van der Waals surface area contributed by atoms with Gasteiger partial charge in [-0.15, -0.1) is 0 Å². The van der Waals surface area contributed by atoms with Gasteiger partial charge in [-0.3, -0.25) is 4.39 Å². The van der Waals surface area contributed by atoms with Gasteiger partial charge < -0.3 is 0 Å². The molecule has 0 saturated carbocycles. The van der Waals surface area contributed by atoms with Crippen LogP contribution in [0.15, 0.2) is 18.2 Å². The molecule has 0 unspecified atom stereocenters. The molecule has 0 saturated heterocycles. The molecule has 0 aliphatic rings. The minimum absolute atomic E-state index is 0.346. The van der Waals surface area contributed by atoms with Gasteiger partial charge in [0.2, 0.25) is 0 Å². The summed E-state index contributed by atoms with van der Waals surface area (Å²) in [6.07, 6.45) is 4.46. The van der Waals surface area contributed by atoms with Crippen molar-refractivity contribution in [3.8, 4) is 0 Å². The van der Waals surface area contributed by atoms with Gasteiger partial charge in [-0.05, 0) is 29.5 Å². The van der Waals surface area contributed by atoms with E-state index in [1.54, 1.807) is 0 Å². The Morgan fingerprint density at radius 2 is 1.50 bits per heavy atom. The Hall–Kier alpha value is -0.850. The Morgan fingerprint density at radius 3 is 1.88 bits per heavy atom. The predicted molar refractivity (Wildman–Crippen MR) is 68.4 cm³/mol.